The van der Waals surface area contributed by atoms with E-state index in [1.54, 1.807) is 75.4 Å². The van der Waals surface area contributed by atoms with Crippen LogP contribution in [0.2, 0.25) is 0 Å². The fourth-order valence-electron chi connectivity index (χ4n) is 3.43. The second kappa shape index (κ2) is 10.2. The molecule has 0 saturated heterocycles. The van der Waals surface area contributed by atoms with E-state index in [-0.39, 0.29) is 0 Å². The van der Waals surface area contributed by atoms with E-state index in [0.29, 0.717) is 16.9 Å². The van der Waals surface area contributed by atoms with Crippen molar-refractivity contribution < 1.29 is 14.4 Å². The summed E-state index contributed by atoms with van der Waals surface area (Å²) >= 11 is 0. The van der Waals surface area contributed by atoms with Crippen LogP contribution in [-0.2, 0) is 0 Å². The minimum Gasteiger partial charge on any atom is -0.306 e. The molecule has 0 atom stereocenters. The van der Waals surface area contributed by atoms with Crippen molar-refractivity contribution in [2.24, 2.45) is 0 Å². The Kier molecular flexibility index (Phi) is 7.36. The first kappa shape index (κ1) is 24.5. The summed E-state index contributed by atoms with van der Waals surface area (Å²) in [5.41, 5.74) is 2.19. The Bertz CT molecular complexity index is 1130. The highest BCUT2D eigenvalue weighted by Crippen LogP contribution is 2.24. The number of urea groups is 2. The van der Waals surface area contributed by atoms with Gasteiger partial charge in [0, 0.05) is 16.9 Å². The average molecular weight is 459 g/mol. The highest BCUT2D eigenvalue weighted by atomic mass is 16.2. The van der Waals surface area contributed by atoms with Crippen LogP contribution in [0.3, 0.4) is 0 Å². The molecule has 0 spiro atoms. The number of hydrazine groups is 1. The number of nitrogens with one attached hydrogen (secondary N) is 2. The minimum atomic E-state index is -0.904. The van der Waals surface area contributed by atoms with Gasteiger partial charge < -0.3 is 10.6 Å². The lowest BCUT2D eigenvalue weighted by atomic mass is 10.1. The van der Waals surface area contributed by atoms with Gasteiger partial charge in [0.25, 0.3) is 5.91 Å². The van der Waals surface area contributed by atoms with Crippen LogP contribution in [0.15, 0.2) is 78.9 Å². The van der Waals surface area contributed by atoms with Gasteiger partial charge in [0.1, 0.15) is 0 Å². The van der Waals surface area contributed by atoms with Gasteiger partial charge in [0.05, 0.1) is 5.54 Å². The molecule has 0 radical (unpaired) electrons. The quantitative estimate of drug-likeness (QED) is 0.457. The summed E-state index contributed by atoms with van der Waals surface area (Å²) in [6.07, 6.45) is 0. The predicted octanol–water partition coefficient (Wildman–Crippen LogP) is 6.23. The summed E-state index contributed by atoms with van der Waals surface area (Å²) in [4.78, 5) is 40.7. The monoisotopic (exact) mass is 458 g/mol. The molecular formula is C27H30N4O3. The van der Waals surface area contributed by atoms with Crippen molar-refractivity contribution in [2.75, 3.05) is 10.6 Å². The number of hydrogen-bond acceptors (Lipinski definition) is 3. The fraction of sp³-hybridized carbons (Fsp3) is 0.222. The first-order valence-electron chi connectivity index (χ1n) is 11.0. The van der Waals surface area contributed by atoms with Crippen LogP contribution in [0.25, 0.3) is 0 Å². The van der Waals surface area contributed by atoms with E-state index in [2.05, 4.69) is 10.6 Å². The van der Waals surface area contributed by atoms with Gasteiger partial charge in [-0.05, 0) is 70.0 Å². The lowest BCUT2D eigenvalue weighted by Crippen LogP contribution is -2.62. The highest BCUT2D eigenvalue weighted by Gasteiger charge is 2.40. The minimum absolute atomic E-state index is 0.356. The SMILES string of the molecule is Cc1ccccc1NC(=O)N(C(=O)Nc1ccccc1C)N(C(=O)c1ccccc1)C(C)(C)C. The maximum absolute atomic E-state index is 13.6. The first-order chi connectivity index (χ1) is 16.1. The number of carbonyl (C=O) groups is 3. The standard InChI is InChI=1S/C27H30N4O3/c1-19-13-9-11-17-22(19)28-25(33)30(26(34)29-23-18-12-10-14-20(23)2)31(27(3,4)5)24(32)21-15-7-6-8-16-21/h6-18H,1-5H3,(H,28,33)(H,29,34). The molecule has 7 heteroatoms. The van der Waals surface area contributed by atoms with Gasteiger partial charge in [-0.2, -0.15) is 0 Å². The third-order valence-corrected chi connectivity index (χ3v) is 5.21. The lowest BCUT2D eigenvalue weighted by Gasteiger charge is -2.41. The van der Waals surface area contributed by atoms with E-state index >= 15 is 0 Å². The van der Waals surface area contributed by atoms with Gasteiger partial charge in [0.2, 0.25) is 0 Å². The third kappa shape index (κ3) is 5.61. The summed E-state index contributed by atoms with van der Waals surface area (Å²) < 4.78 is 0. The zero-order valence-electron chi connectivity index (χ0n) is 20.1. The fourth-order valence-corrected chi connectivity index (χ4v) is 3.43. The molecule has 3 aromatic rings. The molecule has 0 unspecified atom stereocenters. The lowest BCUT2D eigenvalue weighted by molar-refractivity contribution is -0.00596. The number of carbonyl (C=O) groups excluding carboxylic acids is 3. The van der Waals surface area contributed by atoms with Crippen LogP contribution in [0.1, 0.15) is 42.3 Å². The maximum atomic E-state index is 13.6. The Morgan fingerprint density at radius 2 is 1.06 bits per heavy atom. The number of aryl methyl sites for hydroxylation is 2. The van der Waals surface area contributed by atoms with Gasteiger partial charge in [-0.1, -0.05) is 54.6 Å². The number of hydrogen-bond donors (Lipinski definition) is 2. The average Bonchev–Trinajstić information content (AvgIpc) is 2.79. The van der Waals surface area contributed by atoms with Crippen LogP contribution < -0.4 is 10.6 Å². The molecular weight excluding hydrogens is 428 g/mol. The highest BCUT2D eigenvalue weighted by molar-refractivity contribution is 6.08. The van der Waals surface area contributed by atoms with Crippen molar-refractivity contribution >= 4 is 29.3 Å². The van der Waals surface area contributed by atoms with Gasteiger partial charge in [-0.3, -0.25) is 4.79 Å². The number of nitrogens with zero attached hydrogens (tertiary/aromatic N) is 2. The summed E-state index contributed by atoms with van der Waals surface area (Å²) in [7, 11) is 0. The molecule has 7 nitrogen and oxygen atoms in total. The topological polar surface area (TPSA) is 81.8 Å². The third-order valence-electron chi connectivity index (χ3n) is 5.21. The number of rotatable bonds is 3. The summed E-state index contributed by atoms with van der Waals surface area (Å²) in [6.45, 7) is 9.00. The van der Waals surface area contributed by atoms with Crippen molar-refractivity contribution in [3.05, 3.63) is 95.6 Å². The molecule has 2 N–H and O–H groups in total. The zero-order valence-corrected chi connectivity index (χ0v) is 20.1. The Hall–Kier alpha value is -4.13. The summed E-state index contributed by atoms with van der Waals surface area (Å²) in [5.74, 6) is -0.479. The molecule has 34 heavy (non-hydrogen) atoms. The van der Waals surface area contributed by atoms with Crippen molar-refractivity contribution in [1.82, 2.24) is 10.0 Å². The van der Waals surface area contributed by atoms with Crippen molar-refractivity contribution in [2.45, 2.75) is 40.2 Å². The number of imide groups is 1. The van der Waals surface area contributed by atoms with E-state index in [0.717, 1.165) is 16.1 Å². The molecule has 3 aromatic carbocycles. The molecule has 0 bridgehead atoms. The van der Waals surface area contributed by atoms with E-state index in [9.17, 15) is 14.4 Å². The van der Waals surface area contributed by atoms with Crippen molar-refractivity contribution in [1.29, 1.82) is 0 Å². The zero-order chi connectivity index (χ0) is 24.9. The molecule has 176 valence electrons. The maximum Gasteiger partial charge on any atom is 0.349 e. The molecule has 3 rings (SSSR count). The largest absolute Gasteiger partial charge is 0.349 e. The molecule has 0 aliphatic heterocycles. The molecule has 0 aromatic heterocycles. The Balaban J connectivity index is 2.06. The Morgan fingerprint density at radius 3 is 1.47 bits per heavy atom. The van der Waals surface area contributed by atoms with Crippen molar-refractivity contribution in [3.63, 3.8) is 0 Å². The number of amides is 5. The van der Waals surface area contributed by atoms with E-state index < -0.39 is 23.5 Å². The molecule has 0 fully saturated rings. The second-order valence-corrected chi connectivity index (χ2v) is 8.96. The van der Waals surface area contributed by atoms with Crippen LogP contribution >= 0.6 is 0 Å². The summed E-state index contributed by atoms with van der Waals surface area (Å²) in [6, 6.07) is 21.5. The molecule has 0 saturated carbocycles. The molecule has 0 aliphatic rings. The van der Waals surface area contributed by atoms with Crippen LogP contribution in [0, 0.1) is 13.8 Å². The molecule has 0 heterocycles. The normalized spacial score (nSPS) is 10.9. The number of anilines is 2. The number of para-hydroxylation sites is 2. The Morgan fingerprint density at radius 1 is 0.647 bits per heavy atom. The summed E-state index contributed by atoms with van der Waals surface area (Å²) in [5, 5.41) is 7.59. The van der Waals surface area contributed by atoms with Crippen LogP contribution in [0.5, 0.6) is 0 Å². The first-order valence-corrected chi connectivity index (χ1v) is 11.0. The second-order valence-electron chi connectivity index (χ2n) is 8.96. The van der Waals surface area contributed by atoms with Gasteiger partial charge >= 0.3 is 12.1 Å². The number of benzene rings is 3. The van der Waals surface area contributed by atoms with Crippen LogP contribution in [-0.4, -0.2) is 33.5 Å². The molecule has 5 amide bonds. The van der Waals surface area contributed by atoms with Crippen LogP contribution in [0.4, 0.5) is 21.0 Å². The van der Waals surface area contributed by atoms with Gasteiger partial charge in [-0.25, -0.2) is 14.6 Å². The van der Waals surface area contributed by atoms with E-state index in [4.69, 9.17) is 0 Å². The smallest absolute Gasteiger partial charge is 0.306 e. The predicted molar refractivity (Wildman–Crippen MR) is 135 cm³/mol. The molecule has 0 aliphatic carbocycles. The van der Waals surface area contributed by atoms with E-state index in [1.165, 1.54) is 5.01 Å². The van der Waals surface area contributed by atoms with E-state index in [1.807, 2.05) is 38.1 Å². The Labute approximate surface area is 200 Å². The van der Waals surface area contributed by atoms with Crippen molar-refractivity contribution in [3.8, 4) is 0 Å². The van der Waals surface area contributed by atoms with Gasteiger partial charge in [-0.15, -0.1) is 5.01 Å². The van der Waals surface area contributed by atoms with Gasteiger partial charge in [0.15, 0.2) is 0 Å².